The van der Waals surface area contributed by atoms with Crippen molar-refractivity contribution in [2.45, 2.75) is 309 Å². The molecule has 0 saturated carbocycles. The van der Waals surface area contributed by atoms with Crippen LogP contribution in [0.1, 0.15) is 303 Å². The molecular formula is C63H112O6. The van der Waals surface area contributed by atoms with Crippen LogP contribution in [-0.2, 0) is 28.6 Å². The normalized spacial score (nSPS) is 12.4. The molecule has 6 nitrogen and oxygen atoms in total. The number of unbranched alkanes of at least 4 members (excludes halogenated alkanes) is 33. The Hall–Kier alpha value is -2.89. The van der Waals surface area contributed by atoms with E-state index in [9.17, 15) is 14.4 Å². The molecule has 0 saturated heterocycles. The van der Waals surface area contributed by atoms with E-state index in [1.165, 1.54) is 173 Å². The average Bonchev–Trinajstić information content (AvgIpc) is 3.35. The number of carbonyl (C=O) groups is 3. The van der Waals surface area contributed by atoms with E-state index in [4.69, 9.17) is 14.2 Å². The minimum absolute atomic E-state index is 0.0916. The van der Waals surface area contributed by atoms with Gasteiger partial charge in [0.1, 0.15) is 13.2 Å². The Morgan fingerprint density at radius 3 is 0.870 bits per heavy atom. The molecule has 69 heavy (non-hydrogen) atoms. The average molecular weight is 966 g/mol. The van der Waals surface area contributed by atoms with Crippen LogP contribution in [-0.4, -0.2) is 37.2 Å². The van der Waals surface area contributed by atoms with Crippen LogP contribution in [0.5, 0.6) is 0 Å². The zero-order valence-electron chi connectivity index (χ0n) is 45.8. The summed E-state index contributed by atoms with van der Waals surface area (Å²) >= 11 is 0. The first kappa shape index (κ1) is 66.1. The van der Waals surface area contributed by atoms with E-state index in [0.29, 0.717) is 19.3 Å². The molecule has 0 heterocycles. The highest BCUT2D eigenvalue weighted by atomic mass is 16.6. The maximum Gasteiger partial charge on any atom is 0.306 e. The van der Waals surface area contributed by atoms with Gasteiger partial charge in [-0.1, -0.05) is 255 Å². The van der Waals surface area contributed by atoms with Crippen LogP contribution in [0.25, 0.3) is 0 Å². The summed E-state index contributed by atoms with van der Waals surface area (Å²) in [5.41, 5.74) is 0. The van der Waals surface area contributed by atoms with Crippen molar-refractivity contribution in [3.63, 3.8) is 0 Å². The number of hydrogen-bond acceptors (Lipinski definition) is 6. The molecule has 0 N–H and O–H groups in total. The molecule has 0 fully saturated rings. The topological polar surface area (TPSA) is 78.9 Å². The van der Waals surface area contributed by atoms with Gasteiger partial charge in [0.05, 0.1) is 0 Å². The predicted molar refractivity (Wildman–Crippen MR) is 298 cm³/mol. The van der Waals surface area contributed by atoms with Gasteiger partial charge in [0, 0.05) is 19.3 Å². The molecule has 0 aliphatic carbocycles. The zero-order chi connectivity index (χ0) is 50.0. The van der Waals surface area contributed by atoms with Crippen LogP contribution in [0.3, 0.4) is 0 Å². The third-order valence-corrected chi connectivity index (χ3v) is 13.0. The van der Waals surface area contributed by atoms with Crippen LogP contribution in [0, 0.1) is 0 Å². The Kier molecular flexibility index (Phi) is 55.3. The number of allylic oxidation sites excluding steroid dienone is 10. The first-order chi connectivity index (χ1) is 34.0. The second kappa shape index (κ2) is 57.7. The van der Waals surface area contributed by atoms with Gasteiger partial charge in [-0.05, 0) is 89.9 Å². The lowest BCUT2D eigenvalue weighted by Crippen LogP contribution is -2.30. The van der Waals surface area contributed by atoms with Crippen molar-refractivity contribution in [2.75, 3.05) is 13.2 Å². The minimum atomic E-state index is -0.799. The Morgan fingerprint density at radius 2 is 0.522 bits per heavy atom. The molecule has 0 radical (unpaired) electrons. The van der Waals surface area contributed by atoms with Gasteiger partial charge in [-0.25, -0.2) is 0 Å². The Morgan fingerprint density at radius 1 is 0.290 bits per heavy atom. The van der Waals surface area contributed by atoms with Crippen LogP contribution in [0.15, 0.2) is 60.8 Å². The maximum atomic E-state index is 12.8. The van der Waals surface area contributed by atoms with E-state index in [0.717, 1.165) is 83.5 Å². The Bertz CT molecular complexity index is 1250. The minimum Gasteiger partial charge on any atom is -0.462 e. The Labute approximate surface area is 428 Å². The first-order valence-corrected chi connectivity index (χ1v) is 29.8. The van der Waals surface area contributed by atoms with Crippen LogP contribution >= 0.6 is 0 Å². The zero-order valence-corrected chi connectivity index (χ0v) is 45.8. The highest BCUT2D eigenvalue weighted by Crippen LogP contribution is 2.16. The van der Waals surface area contributed by atoms with Gasteiger partial charge in [0.15, 0.2) is 6.10 Å². The summed E-state index contributed by atoms with van der Waals surface area (Å²) in [5.74, 6) is -0.932. The van der Waals surface area contributed by atoms with Crippen molar-refractivity contribution in [3.05, 3.63) is 60.8 Å². The van der Waals surface area contributed by atoms with Crippen molar-refractivity contribution in [1.82, 2.24) is 0 Å². The van der Waals surface area contributed by atoms with Gasteiger partial charge in [-0.2, -0.15) is 0 Å². The molecule has 0 unspecified atom stereocenters. The fraction of sp³-hybridized carbons (Fsp3) is 0.794. The maximum absolute atomic E-state index is 12.8. The molecule has 0 rings (SSSR count). The van der Waals surface area contributed by atoms with Gasteiger partial charge in [0.2, 0.25) is 0 Å². The van der Waals surface area contributed by atoms with Crippen molar-refractivity contribution in [3.8, 4) is 0 Å². The summed E-state index contributed by atoms with van der Waals surface area (Å²) in [6.45, 7) is 6.57. The summed E-state index contributed by atoms with van der Waals surface area (Å²) in [4.78, 5) is 38.2. The fourth-order valence-corrected chi connectivity index (χ4v) is 8.48. The molecule has 0 aromatic rings. The van der Waals surface area contributed by atoms with Crippen molar-refractivity contribution < 1.29 is 28.6 Å². The molecule has 0 bridgehead atoms. The third kappa shape index (κ3) is 55.9. The second-order valence-corrected chi connectivity index (χ2v) is 19.9. The van der Waals surface area contributed by atoms with Crippen LogP contribution in [0.2, 0.25) is 0 Å². The van der Waals surface area contributed by atoms with Crippen LogP contribution < -0.4 is 0 Å². The monoisotopic (exact) mass is 965 g/mol. The van der Waals surface area contributed by atoms with E-state index >= 15 is 0 Å². The number of rotatable bonds is 54. The molecule has 400 valence electrons. The fourth-order valence-electron chi connectivity index (χ4n) is 8.48. The molecule has 6 heteroatoms. The van der Waals surface area contributed by atoms with Crippen molar-refractivity contribution in [2.24, 2.45) is 0 Å². The van der Waals surface area contributed by atoms with Gasteiger partial charge in [-0.15, -0.1) is 0 Å². The molecule has 0 aliphatic rings. The number of ether oxygens (including phenoxy) is 3. The number of carbonyl (C=O) groups excluding carboxylic acids is 3. The number of hydrogen-bond donors (Lipinski definition) is 0. The molecule has 0 spiro atoms. The highest BCUT2D eigenvalue weighted by molar-refractivity contribution is 5.71. The summed E-state index contributed by atoms with van der Waals surface area (Å²) in [6, 6.07) is 0. The van der Waals surface area contributed by atoms with E-state index in [2.05, 4.69) is 81.5 Å². The van der Waals surface area contributed by atoms with Gasteiger partial charge in [0.25, 0.3) is 0 Å². The summed E-state index contributed by atoms with van der Waals surface area (Å²) < 4.78 is 16.8. The lowest BCUT2D eigenvalue weighted by atomic mass is 10.0. The lowest BCUT2D eigenvalue weighted by Gasteiger charge is -2.18. The van der Waals surface area contributed by atoms with E-state index < -0.39 is 6.10 Å². The summed E-state index contributed by atoms with van der Waals surface area (Å²) in [7, 11) is 0. The van der Waals surface area contributed by atoms with Gasteiger partial charge in [-0.3, -0.25) is 14.4 Å². The van der Waals surface area contributed by atoms with Gasteiger partial charge >= 0.3 is 17.9 Å². The highest BCUT2D eigenvalue weighted by Gasteiger charge is 2.19. The van der Waals surface area contributed by atoms with Crippen molar-refractivity contribution >= 4 is 17.9 Å². The lowest BCUT2D eigenvalue weighted by molar-refractivity contribution is -0.167. The molecule has 0 amide bonds. The quantitative estimate of drug-likeness (QED) is 0.0262. The van der Waals surface area contributed by atoms with E-state index in [-0.39, 0.29) is 37.5 Å². The largest absolute Gasteiger partial charge is 0.462 e. The standard InChI is InChI=1S/C63H112O6/c1-4-7-10-13-16-19-22-25-28-29-30-31-32-33-36-38-41-44-47-50-53-56-62(65)68-59-60(69-63(66)57-54-51-48-45-42-39-35-27-24-21-18-15-12-9-6-3)58-67-61(64)55-52-49-46-43-40-37-34-26-23-20-17-14-11-8-5-2/h17-18,20-21,26-27,34-35,42,45,60H,4-16,19,22-25,28-33,36-41,43-44,46-59H2,1-3H3/b20-17-,21-18-,34-26-,35-27-,45-42-/t60-/m1/s1. The SMILES string of the molecule is CCCCC/C=C\C/C=C\C/C=C\CCCCC(=O)O[C@H](COC(=O)CCCCCCC/C=C\C/C=C\CCCCC)COC(=O)CCCCCCCCCCCCCCCCCCCCCCC. The van der Waals surface area contributed by atoms with E-state index in [1.54, 1.807) is 0 Å². The third-order valence-electron chi connectivity index (χ3n) is 13.0. The van der Waals surface area contributed by atoms with Crippen molar-refractivity contribution in [1.29, 1.82) is 0 Å². The first-order valence-electron chi connectivity index (χ1n) is 29.8. The molecule has 0 aromatic heterocycles. The second-order valence-electron chi connectivity index (χ2n) is 19.9. The van der Waals surface area contributed by atoms with Crippen LogP contribution in [0.4, 0.5) is 0 Å². The summed E-state index contributed by atoms with van der Waals surface area (Å²) in [5, 5.41) is 0. The smallest absolute Gasteiger partial charge is 0.306 e. The Balaban J connectivity index is 4.37. The van der Waals surface area contributed by atoms with E-state index in [1.807, 2.05) is 0 Å². The number of esters is 3. The molecule has 0 aliphatic heterocycles. The molecule has 1 atom stereocenters. The summed E-state index contributed by atoms with van der Waals surface area (Å²) in [6.07, 6.45) is 72.2. The molecule has 0 aromatic carbocycles. The molecular weight excluding hydrogens is 853 g/mol. The van der Waals surface area contributed by atoms with Gasteiger partial charge < -0.3 is 14.2 Å². The predicted octanol–water partition coefficient (Wildman–Crippen LogP) is 20.0.